The fourth-order valence-electron chi connectivity index (χ4n) is 2.88. The predicted molar refractivity (Wildman–Crippen MR) is 94.9 cm³/mol. The molecule has 1 saturated heterocycles. The Balaban J connectivity index is 1.55. The lowest BCUT2D eigenvalue weighted by Crippen LogP contribution is -2.30. The van der Waals surface area contributed by atoms with Crippen LogP contribution in [0.3, 0.4) is 0 Å². The maximum Gasteiger partial charge on any atom is 0.229 e. The van der Waals surface area contributed by atoms with Crippen LogP contribution in [0.2, 0.25) is 5.02 Å². The second-order valence-electron chi connectivity index (χ2n) is 5.98. The maximum atomic E-state index is 12.4. The molecule has 3 rings (SSSR count). The molecular formula is C19H19ClN2O2. The van der Waals surface area contributed by atoms with E-state index < -0.39 is 0 Å². The number of nitrogens with one attached hydrogen (secondary N) is 1. The van der Waals surface area contributed by atoms with E-state index in [4.69, 9.17) is 11.6 Å². The summed E-state index contributed by atoms with van der Waals surface area (Å²) < 4.78 is 0. The van der Waals surface area contributed by atoms with Crippen molar-refractivity contribution in [3.8, 4) is 0 Å². The van der Waals surface area contributed by atoms with Crippen LogP contribution in [-0.4, -0.2) is 29.8 Å². The normalized spacial score (nSPS) is 17.1. The molecule has 124 valence electrons. The molecule has 4 nitrogen and oxygen atoms in total. The van der Waals surface area contributed by atoms with E-state index in [0.717, 1.165) is 6.42 Å². The topological polar surface area (TPSA) is 49.4 Å². The highest BCUT2D eigenvalue weighted by molar-refractivity contribution is 6.30. The van der Waals surface area contributed by atoms with Crippen molar-refractivity contribution in [3.05, 3.63) is 65.2 Å². The summed E-state index contributed by atoms with van der Waals surface area (Å²) >= 11 is 5.92. The average molecular weight is 343 g/mol. The molecule has 24 heavy (non-hydrogen) atoms. The SMILES string of the molecule is O=C(Nc1cccc(Cl)c1)C1CC(=O)N(CCc2ccccc2)C1. The van der Waals surface area contributed by atoms with Crippen molar-refractivity contribution in [1.29, 1.82) is 0 Å². The lowest BCUT2D eigenvalue weighted by molar-refractivity contribution is -0.128. The van der Waals surface area contributed by atoms with Gasteiger partial charge in [0.15, 0.2) is 0 Å². The van der Waals surface area contributed by atoms with E-state index in [1.807, 2.05) is 30.3 Å². The van der Waals surface area contributed by atoms with Gasteiger partial charge in [-0.25, -0.2) is 0 Å². The Morgan fingerprint density at radius 2 is 1.96 bits per heavy atom. The molecule has 0 saturated carbocycles. The largest absolute Gasteiger partial charge is 0.342 e. The van der Waals surface area contributed by atoms with Gasteiger partial charge in [0.1, 0.15) is 0 Å². The van der Waals surface area contributed by atoms with Crippen LogP contribution in [0.1, 0.15) is 12.0 Å². The minimum absolute atomic E-state index is 0.0391. The highest BCUT2D eigenvalue weighted by Gasteiger charge is 2.33. The molecule has 1 fully saturated rings. The number of hydrogen-bond donors (Lipinski definition) is 1. The van der Waals surface area contributed by atoms with Crippen LogP contribution >= 0.6 is 11.6 Å². The molecule has 0 aliphatic carbocycles. The van der Waals surface area contributed by atoms with Crippen molar-refractivity contribution < 1.29 is 9.59 Å². The molecule has 1 heterocycles. The third-order valence-electron chi connectivity index (χ3n) is 4.19. The van der Waals surface area contributed by atoms with Gasteiger partial charge in [0.05, 0.1) is 5.92 Å². The first kappa shape index (κ1) is 16.5. The molecule has 0 radical (unpaired) electrons. The van der Waals surface area contributed by atoms with Gasteiger partial charge in [0.25, 0.3) is 0 Å². The summed E-state index contributed by atoms with van der Waals surface area (Å²) in [5.74, 6) is -0.405. The summed E-state index contributed by atoms with van der Waals surface area (Å²) in [5.41, 5.74) is 1.85. The van der Waals surface area contributed by atoms with E-state index in [9.17, 15) is 9.59 Å². The summed E-state index contributed by atoms with van der Waals surface area (Å²) in [6, 6.07) is 17.1. The number of carbonyl (C=O) groups excluding carboxylic acids is 2. The number of halogens is 1. The van der Waals surface area contributed by atoms with Crippen molar-refractivity contribution in [2.45, 2.75) is 12.8 Å². The van der Waals surface area contributed by atoms with Crippen LogP contribution in [0.5, 0.6) is 0 Å². The molecular weight excluding hydrogens is 324 g/mol. The number of nitrogens with zero attached hydrogens (tertiary/aromatic N) is 1. The van der Waals surface area contributed by atoms with Gasteiger partial charge in [-0.2, -0.15) is 0 Å². The minimum Gasteiger partial charge on any atom is -0.342 e. The van der Waals surface area contributed by atoms with E-state index >= 15 is 0 Å². The van der Waals surface area contributed by atoms with Gasteiger partial charge in [0, 0.05) is 30.2 Å². The van der Waals surface area contributed by atoms with Crippen LogP contribution in [0, 0.1) is 5.92 Å². The third-order valence-corrected chi connectivity index (χ3v) is 4.43. The van der Waals surface area contributed by atoms with Crippen molar-refractivity contribution in [3.63, 3.8) is 0 Å². The minimum atomic E-state index is -0.313. The zero-order valence-corrected chi connectivity index (χ0v) is 14.0. The molecule has 2 amide bonds. The Morgan fingerprint density at radius 3 is 2.71 bits per heavy atom. The standard InChI is InChI=1S/C19H19ClN2O2/c20-16-7-4-8-17(12-16)21-19(24)15-11-18(23)22(13-15)10-9-14-5-2-1-3-6-14/h1-8,12,15H,9-11,13H2,(H,21,24). The zero-order chi connectivity index (χ0) is 16.9. The summed E-state index contributed by atoms with van der Waals surface area (Å²) in [6.07, 6.45) is 1.07. The van der Waals surface area contributed by atoms with Gasteiger partial charge in [-0.15, -0.1) is 0 Å². The number of hydrogen-bond acceptors (Lipinski definition) is 2. The first-order valence-electron chi connectivity index (χ1n) is 8.00. The van der Waals surface area contributed by atoms with Gasteiger partial charge < -0.3 is 10.2 Å². The van der Waals surface area contributed by atoms with Gasteiger partial charge in [-0.05, 0) is 30.2 Å². The van der Waals surface area contributed by atoms with Gasteiger partial charge in [0.2, 0.25) is 11.8 Å². The summed E-state index contributed by atoms with van der Waals surface area (Å²) in [5, 5.41) is 3.41. The Bertz CT molecular complexity index is 733. The van der Waals surface area contributed by atoms with Crippen LogP contribution in [-0.2, 0) is 16.0 Å². The number of carbonyl (C=O) groups is 2. The second kappa shape index (κ2) is 7.49. The monoisotopic (exact) mass is 342 g/mol. The number of benzene rings is 2. The van der Waals surface area contributed by atoms with Crippen LogP contribution in [0.25, 0.3) is 0 Å². The molecule has 0 spiro atoms. The molecule has 0 bridgehead atoms. The highest BCUT2D eigenvalue weighted by atomic mass is 35.5. The highest BCUT2D eigenvalue weighted by Crippen LogP contribution is 2.21. The molecule has 2 aromatic carbocycles. The molecule has 1 aliphatic rings. The molecule has 2 aromatic rings. The van der Waals surface area contributed by atoms with Crippen molar-refractivity contribution in [1.82, 2.24) is 4.90 Å². The van der Waals surface area contributed by atoms with E-state index in [-0.39, 0.29) is 24.2 Å². The smallest absolute Gasteiger partial charge is 0.229 e. The first-order chi connectivity index (χ1) is 11.6. The molecule has 1 atom stereocenters. The lowest BCUT2D eigenvalue weighted by atomic mass is 10.1. The Kier molecular flexibility index (Phi) is 5.16. The van der Waals surface area contributed by atoms with Crippen LogP contribution < -0.4 is 5.32 Å². The van der Waals surface area contributed by atoms with Crippen LogP contribution in [0.15, 0.2) is 54.6 Å². The molecule has 0 aromatic heterocycles. The molecule has 1 unspecified atom stereocenters. The Morgan fingerprint density at radius 1 is 1.17 bits per heavy atom. The third kappa shape index (κ3) is 4.15. The summed E-state index contributed by atoms with van der Waals surface area (Å²) in [4.78, 5) is 26.3. The summed E-state index contributed by atoms with van der Waals surface area (Å²) in [6.45, 7) is 1.11. The second-order valence-corrected chi connectivity index (χ2v) is 6.41. The fourth-order valence-corrected chi connectivity index (χ4v) is 3.07. The quantitative estimate of drug-likeness (QED) is 0.905. The average Bonchev–Trinajstić information content (AvgIpc) is 2.95. The van der Waals surface area contributed by atoms with E-state index in [1.54, 1.807) is 29.2 Å². The maximum absolute atomic E-state index is 12.4. The lowest BCUT2D eigenvalue weighted by Gasteiger charge is -2.16. The first-order valence-corrected chi connectivity index (χ1v) is 8.38. The van der Waals surface area contributed by atoms with Crippen molar-refractivity contribution in [2.75, 3.05) is 18.4 Å². The predicted octanol–water partition coefficient (Wildman–Crippen LogP) is 3.37. The number of likely N-dealkylation sites (tertiary alicyclic amines) is 1. The molecule has 1 aliphatic heterocycles. The van der Waals surface area contributed by atoms with E-state index in [0.29, 0.717) is 23.8 Å². The fraction of sp³-hybridized carbons (Fsp3) is 0.263. The van der Waals surface area contributed by atoms with Crippen molar-refractivity contribution >= 4 is 29.1 Å². The zero-order valence-electron chi connectivity index (χ0n) is 13.2. The molecule has 5 heteroatoms. The number of amides is 2. The van der Waals surface area contributed by atoms with E-state index in [1.165, 1.54) is 5.56 Å². The number of rotatable bonds is 5. The summed E-state index contributed by atoms with van der Waals surface area (Å²) in [7, 11) is 0. The van der Waals surface area contributed by atoms with Crippen molar-refractivity contribution in [2.24, 2.45) is 5.92 Å². The van der Waals surface area contributed by atoms with Gasteiger partial charge in [-0.1, -0.05) is 48.0 Å². The van der Waals surface area contributed by atoms with Crippen LogP contribution in [0.4, 0.5) is 5.69 Å². The Labute approximate surface area is 146 Å². The number of anilines is 1. The Hall–Kier alpha value is -2.33. The van der Waals surface area contributed by atoms with Gasteiger partial charge >= 0.3 is 0 Å². The van der Waals surface area contributed by atoms with E-state index in [2.05, 4.69) is 5.32 Å². The molecule has 1 N–H and O–H groups in total. The van der Waals surface area contributed by atoms with Gasteiger partial charge in [-0.3, -0.25) is 9.59 Å².